The first-order valence-corrected chi connectivity index (χ1v) is 7.62. The number of nitrogens with zero attached hydrogens (tertiary/aromatic N) is 1. The van der Waals surface area contributed by atoms with Gasteiger partial charge in [0.25, 0.3) is 0 Å². The molecule has 0 aliphatic carbocycles. The third kappa shape index (κ3) is 5.39. The fourth-order valence-corrected chi connectivity index (χ4v) is 2.78. The molecule has 0 saturated carbocycles. The average Bonchev–Trinajstić information content (AvgIpc) is 2.73. The minimum absolute atomic E-state index is 0.767. The zero-order chi connectivity index (χ0) is 12.7. The molecule has 1 aliphatic heterocycles. The summed E-state index contributed by atoms with van der Waals surface area (Å²) >= 11 is 0. The largest absolute Gasteiger partial charge is 0.315 e. The molecule has 0 aromatic heterocycles. The van der Waals surface area contributed by atoms with Gasteiger partial charge in [0, 0.05) is 19.1 Å². The quantitative estimate of drug-likeness (QED) is 0.701. The van der Waals surface area contributed by atoms with Crippen molar-refractivity contribution in [2.24, 2.45) is 11.8 Å². The minimum atomic E-state index is 0.767. The van der Waals surface area contributed by atoms with Gasteiger partial charge in [0.1, 0.15) is 0 Å². The SMILES string of the molecule is CCC(CC)CN1CCCC1CNCC(C)C. The van der Waals surface area contributed by atoms with E-state index in [1.807, 2.05) is 0 Å². The second-order valence-corrected chi connectivity index (χ2v) is 6.03. The Hall–Kier alpha value is -0.0800. The highest BCUT2D eigenvalue weighted by Crippen LogP contribution is 2.20. The Morgan fingerprint density at radius 3 is 2.53 bits per heavy atom. The van der Waals surface area contributed by atoms with E-state index in [4.69, 9.17) is 0 Å². The van der Waals surface area contributed by atoms with E-state index in [0.717, 1.165) is 24.4 Å². The lowest BCUT2D eigenvalue weighted by Gasteiger charge is -2.28. The molecule has 2 heteroatoms. The molecule has 1 N–H and O–H groups in total. The van der Waals surface area contributed by atoms with Crippen LogP contribution in [-0.4, -0.2) is 37.1 Å². The molecule has 17 heavy (non-hydrogen) atoms. The van der Waals surface area contributed by atoms with Crippen LogP contribution in [0.4, 0.5) is 0 Å². The average molecular weight is 240 g/mol. The highest BCUT2D eigenvalue weighted by molar-refractivity contribution is 4.82. The third-order valence-corrected chi connectivity index (χ3v) is 4.08. The Kier molecular flexibility index (Phi) is 7.14. The summed E-state index contributed by atoms with van der Waals surface area (Å²) < 4.78 is 0. The van der Waals surface area contributed by atoms with Gasteiger partial charge < -0.3 is 5.32 Å². The van der Waals surface area contributed by atoms with Crippen molar-refractivity contribution >= 4 is 0 Å². The van der Waals surface area contributed by atoms with Gasteiger partial charge in [-0.2, -0.15) is 0 Å². The number of likely N-dealkylation sites (tertiary alicyclic amines) is 1. The molecule has 1 atom stereocenters. The van der Waals surface area contributed by atoms with Gasteiger partial charge in [0.05, 0.1) is 0 Å². The lowest BCUT2D eigenvalue weighted by atomic mass is 10.0. The van der Waals surface area contributed by atoms with E-state index in [9.17, 15) is 0 Å². The van der Waals surface area contributed by atoms with Crippen molar-refractivity contribution in [3.8, 4) is 0 Å². The maximum Gasteiger partial charge on any atom is 0.0221 e. The molecule has 1 heterocycles. The zero-order valence-electron chi connectivity index (χ0n) is 12.3. The Labute approximate surface area is 108 Å². The van der Waals surface area contributed by atoms with Crippen LogP contribution in [0.25, 0.3) is 0 Å². The van der Waals surface area contributed by atoms with Crippen LogP contribution in [0, 0.1) is 11.8 Å². The Bertz CT molecular complexity index is 187. The van der Waals surface area contributed by atoms with Crippen molar-refractivity contribution < 1.29 is 0 Å². The summed E-state index contributed by atoms with van der Waals surface area (Å²) in [5.41, 5.74) is 0. The van der Waals surface area contributed by atoms with Crippen LogP contribution in [0.5, 0.6) is 0 Å². The van der Waals surface area contributed by atoms with E-state index in [0.29, 0.717) is 0 Å². The fraction of sp³-hybridized carbons (Fsp3) is 1.00. The van der Waals surface area contributed by atoms with Gasteiger partial charge in [-0.05, 0) is 37.8 Å². The molecule has 0 radical (unpaired) electrons. The van der Waals surface area contributed by atoms with Crippen molar-refractivity contribution in [2.75, 3.05) is 26.2 Å². The molecule has 1 unspecified atom stereocenters. The van der Waals surface area contributed by atoms with E-state index in [1.54, 1.807) is 0 Å². The molecule has 0 spiro atoms. The van der Waals surface area contributed by atoms with E-state index < -0.39 is 0 Å². The molecule has 1 saturated heterocycles. The second-order valence-electron chi connectivity index (χ2n) is 6.03. The van der Waals surface area contributed by atoms with Crippen LogP contribution < -0.4 is 5.32 Å². The van der Waals surface area contributed by atoms with Crippen molar-refractivity contribution in [2.45, 2.75) is 59.4 Å². The van der Waals surface area contributed by atoms with E-state index in [1.165, 1.54) is 45.3 Å². The number of nitrogens with one attached hydrogen (secondary N) is 1. The maximum absolute atomic E-state index is 3.62. The Morgan fingerprint density at radius 2 is 1.94 bits per heavy atom. The van der Waals surface area contributed by atoms with Crippen LogP contribution in [-0.2, 0) is 0 Å². The molecular weight excluding hydrogens is 208 g/mol. The molecule has 1 fully saturated rings. The van der Waals surface area contributed by atoms with Crippen molar-refractivity contribution in [3.05, 3.63) is 0 Å². The second kappa shape index (κ2) is 8.10. The van der Waals surface area contributed by atoms with E-state index >= 15 is 0 Å². The number of rotatable bonds is 8. The smallest absolute Gasteiger partial charge is 0.0221 e. The summed E-state index contributed by atoms with van der Waals surface area (Å²) in [6.07, 6.45) is 5.46. The summed E-state index contributed by atoms with van der Waals surface area (Å²) in [6, 6.07) is 0.800. The van der Waals surface area contributed by atoms with Crippen molar-refractivity contribution in [3.63, 3.8) is 0 Å². The first kappa shape index (κ1) is 15.0. The van der Waals surface area contributed by atoms with Gasteiger partial charge in [-0.3, -0.25) is 4.90 Å². The molecule has 2 nitrogen and oxygen atoms in total. The van der Waals surface area contributed by atoms with Gasteiger partial charge in [-0.25, -0.2) is 0 Å². The van der Waals surface area contributed by atoms with Crippen LogP contribution in [0.2, 0.25) is 0 Å². The summed E-state index contributed by atoms with van der Waals surface area (Å²) in [6.45, 7) is 14.2. The van der Waals surface area contributed by atoms with Gasteiger partial charge in [-0.1, -0.05) is 40.5 Å². The first-order valence-electron chi connectivity index (χ1n) is 7.62. The highest BCUT2D eigenvalue weighted by atomic mass is 15.2. The molecule has 0 bridgehead atoms. The van der Waals surface area contributed by atoms with Crippen LogP contribution >= 0.6 is 0 Å². The third-order valence-electron chi connectivity index (χ3n) is 4.08. The van der Waals surface area contributed by atoms with Gasteiger partial charge in [0.2, 0.25) is 0 Å². The van der Waals surface area contributed by atoms with Crippen LogP contribution in [0.1, 0.15) is 53.4 Å². The monoisotopic (exact) mass is 240 g/mol. The van der Waals surface area contributed by atoms with Gasteiger partial charge in [0.15, 0.2) is 0 Å². The first-order chi connectivity index (χ1) is 8.17. The molecule has 0 amide bonds. The van der Waals surface area contributed by atoms with Crippen molar-refractivity contribution in [1.82, 2.24) is 10.2 Å². The predicted molar refractivity (Wildman–Crippen MR) is 76.4 cm³/mol. The summed E-state index contributed by atoms with van der Waals surface area (Å²) in [7, 11) is 0. The Morgan fingerprint density at radius 1 is 1.24 bits per heavy atom. The topological polar surface area (TPSA) is 15.3 Å². The highest BCUT2D eigenvalue weighted by Gasteiger charge is 2.25. The minimum Gasteiger partial charge on any atom is -0.315 e. The normalized spacial score (nSPS) is 21.9. The molecule has 1 rings (SSSR count). The lowest BCUT2D eigenvalue weighted by molar-refractivity contribution is 0.203. The molecule has 0 aromatic carbocycles. The van der Waals surface area contributed by atoms with Crippen molar-refractivity contribution in [1.29, 1.82) is 0 Å². The molecule has 102 valence electrons. The maximum atomic E-state index is 3.62. The molecule has 0 aromatic rings. The fourth-order valence-electron chi connectivity index (χ4n) is 2.78. The van der Waals surface area contributed by atoms with Gasteiger partial charge >= 0.3 is 0 Å². The number of hydrogen-bond donors (Lipinski definition) is 1. The van der Waals surface area contributed by atoms with Crippen LogP contribution in [0.3, 0.4) is 0 Å². The Balaban J connectivity index is 2.28. The molecular formula is C15H32N2. The molecule has 1 aliphatic rings. The summed E-state index contributed by atoms with van der Waals surface area (Å²) in [5, 5.41) is 3.62. The van der Waals surface area contributed by atoms with E-state index in [2.05, 4.69) is 37.9 Å². The lowest BCUT2D eigenvalue weighted by Crippen LogP contribution is -2.41. The summed E-state index contributed by atoms with van der Waals surface area (Å²) in [5.74, 6) is 1.67. The summed E-state index contributed by atoms with van der Waals surface area (Å²) in [4.78, 5) is 2.73. The van der Waals surface area contributed by atoms with Gasteiger partial charge in [-0.15, -0.1) is 0 Å². The number of hydrogen-bond acceptors (Lipinski definition) is 2. The van der Waals surface area contributed by atoms with Crippen LogP contribution in [0.15, 0.2) is 0 Å². The predicted octanol–water partition coefficient (Wildman–Crippen LogP) is 3.13. The standard InChI is InChI=1S/C15H32N2/c1-5-14(6-2)12-17-9-7-8-15(17)11-16-10-13(3)4/h13-16H,5-12H2,1-4H3. The van der Waals surface area contributed by atoms with E-state index in [-0.39, 0.29) is 0 Å². The zero-order valence-corrected chi connectivity index (χ0v) is 12.3.